The fourth-order valence-electron chi connectivity index (χ4n) is 5.26. The number of urea groups is 1. The highest BCUT2D eigenvalue weighted by atomic mass is 32.1. The topological polar surface area (TPSA) is 95.6 Å². The molecule has 8 nitrogen and oxygen atoms in total. The molecule has 3 N–H and O–H groups in total. The molecule has 2 atom stereocenters. The van der Waals surface area contributed by atoms with Gasteiger partial charge in [-0.3, -0.25) is 9.69 Å². The molecule has 3 heterocycles. The summed E-state index contributed by atoms with van der Waals surface area (Å²) in [6.45, 7) is 1.95. The first-order valence-corrected chi connectivity index (χ1v) is 13.2. The summed E-state index contributed by atoms with van der Waals surface area (Å²) in [6, 6.07) is 17.0. The molecule has 37 heavy (non-hydrogen) atoms. The van der Waals surface area contributed by atoms with Gasteiger partial charge in [0.05, 0.1) is 22.4 Å². The zero-order chi connectivity index (χ0) is 25.5. The summed E-state index contributed by atoms with van der Waals surface area (Å²) in [5.41, 5.74) is 2.84. The molecule has 2 aromatic heterocycles. The number of nitrogens with one attached hydrogen (secondary N) is 3. The van der Waals surface area contributed by atoms with Gasteiger partial charge >= 0.3 is 6.03 Å². The van der Waals surface area contributed by atoms with Crippen LogP contribution in [0, 0.1) is 6.92 Å². The maximum absolute atomic E-state index is 13.5. The van der Waals surface area contributed by atoms with Crippen LogP contribution in [0.25, 0.3) is 10.2 Å². The average molecular weight is 514 g/mol. The molecule has 1 aliphatic heterocycles. The standard InChI is InChI=1S/C28H27N5O3S/c1-16-15-18(36-17-7-4-3-5-8-17)11-12-21(16)33-22-13-14-30-27-23(22)24(32-28(33)35)25(37-27)26(34)31-20-10-6-9-19(20)29-2/h3-5,7-8,11-15,19-20,29H,6,9-10H2,1-2H3,(H,31,34)(H,32,35)/t19-,20-/m1/s1. The second-order valence-corrected chi connectivity index (χ2v) is 10.4. The van der Waals surface area contributed by atoms with E-state index >= 15 is 0 Å². The Labute approximate surface area is 218 Å². The Bertz CT molecular complexity index is 1500. The largest absolute Gasteiger partial charge is 0.457 e. The molecule has 0 radical (unpaired) electrons. The highest BCUT2D eigenvalue weighted by molar-refractivity contribution is 7.21. The highest BCUT2D eigenvalue weighted by Gasteiger charge is 2.35. The molecule has 3 amide bonds. The van der Waals surface area contributed by atoms with Crippen LogP contribution in [0.3, 0.4) is 0 Å². The molecule has 0 saturated heterocycles. The van der Waals surface area contributed by atoms with Gasteiger partial charge < -0.3 is 20.7 Å². The maximum Gasteiger partial charge on any atom is 0.331 e. The summed E-state index contributed by atoms with van der Waals surface area (Å²) in [5.74, 6) is 1.25. The van der Waals surface area contributed by atoms with E-state index in [1.807, 2.05) is 68.6 Å². The average Bonchev–Trinajstić information content (AvgIpc) is 3.50. The minimum atomic E-state index is -0.318. The molecule has 1 fully saturated rings. The number of aryl methyl sites for hydroxylation is 1. The van der Waals surface area contributed by atoms with Crippen LogP contribution >= 0.6 is 11.3 Å². The summed E-state index contributed by atoms with van der Waals surface area (Å²) in [4.78, 5) is 34.1. The van der Waals surface area contributed by atoms with Gasteiger partial charge in [-0.25, -0.2) is 9.78 Å². The number of para-hydroxylation sites is 1. The van der Waals surface area contributed by atoms with Gasteiger partial charge in [-0.2, -0.15) is 0 Å². The van der Waals surface area contributed by atoms with E-state index in [0.29, 0.717) is 26.8 Å². The predicted molar refractivity (Wildman–Crippen MR) is 146 cm³/mol. The van der Waals surface area contributed by atoms with Crippen molar-refractivity contribution < 1.29 is 14.3 Å². The third-order valence-corrected chi connectivity index (χ3v) is 8.14. The van der Waals surface area contributed by atoms with Crippen molar-refractivity contribution in [3.8, 4) is 11.5 Å². The number of aromatic nitrogens is 1. The second kappa shape index (κ2) is 9.49. The molecule has 1 saturated carbocycles. The number of benzene rings is 2. The maximum atomic E-state index is 13.5. The van der Waals surface area contributed by atoms with Crippen molar-refractivity contribution in [1.29, 1.82) is 0 Å². The van der Waals surface area contributed by atoms with E-state index in [1.165, 1.54) is 11.3 Å². The van der Waals surface area contributed by atoms with Gasteiger partial charge in [-0.1, -0.05) is 18.2 Å². The van der Waals surface area contributed by atoms with E-state index in [4.69, 9.17) is 4.74 Å². The van der Waals surface area contributed by atoms with Crippen molar-refractivity contribution >= 4 is 50.6 Å². The molecule has 0 spiro atoms. The number of likely N-dealkylation sites (N-methyl/N-ethyl adjacent to an activating group) is 1. The van der Waals surface area contributed by atoms with Crippen LogP contribution < -0.4 is 25.6 Å². The number of hydrogen-bond acceptors (Lipinski definition) is 6. The van der Waals surface area contributed by atoms with E-state index < -0.39 is 0 Å². The van der Waals surface area contributed by atoms with E-state index in [1.54, 1.807) is 11.1 Å². The fourth-order valence-corrected chi connectivity index (χ4v) is 6.29. The van der Waals surface area contributed by atoms with Crippen LogP contribution in [-0.4, -0.2) is 36.1 Å². The number of pyridine rings is 1. The van der Waals surface area contributed by atoms with Gasteiger partial charge in [-0.05, 0) is 75.2 Å². The smallest absolute Gasteiger partial charge is 0.331 e. The Balaban J connectivity index is 1.34. The molecular formula is C28H27N5O3S. The van der Waals surface area contributed by atoms with E-state index in [0.717, 1.165) is 41.6 Å². The Hall–Kier alpha value is -3.95. The van der Waals surface area contributed by atoms with Gasteiger partial charge in [0.15, 0.2) is 0 Å². The lowest BCUT2D eigenvalue weighted by Gasteiger charge is -2.29. The van der Waals surface area contributed by atoms with Gasteiger partial charge in [0, 0.05) is 18.3 Å². The van der Waals surface area contributed by atoms with Crippen molar-refractivity contribution in [3.63, 3.8) is 0 Å². The summed E-state index contributed by atoms with van der Waals surface area (Å²) >= 11 is 1.31. The molecule has 188 valence electrons. The number of amides is 3. The number of ether oxygens (including phenoxy) is 1. The molecular weight excluding hydrogens is 486 g/mol. The second-order valence-electron chi connectivity index (χ2n) is 9.35. The van der Waals surface area contributed by atoms with Crippen LogP contribution in [0.4, 0.5) is 21.9 Å². The number of thiophene rings is 1. The number of anilines is 3. The number of carbonyl (C=O) groups excluding carboxylic acids is 2. The van der Waals surface area contributed by atoms with E-state index in [-0.39, 0.29) is 24.0 Å². The molecule has 0 bridgehead atoms. The molecule has 4 aromatic rings. The zero-order valence-electron chi connectivity index (χ0n) is 20.6. The molecule has 9 heteroatoms. The number of rotatable bonds is 6. The quantitative estimate of drug-likeness (QED) is 0.296. The number of carbonyl (C=O) groups is 2. The fraction of sp³-hybridized carbons (Fsp3) is 0.250. The van der Waals surface area contributed by atoms with Crippen LogP contribution in [0.5, 0.6) is 11.5 Å². The summed E-state index contributed by atoms with van der Waals surface area (Å²) < 4.78 is 5.97. The SMILES string of the molecule is CN[C@@H]1CCC[C@H]1NC(=O)c1sc2nccc3c2c1NC(=O)N3c1ccc(Oc2ccccc2)cc1C. The normalized spacial score (nSPS) is 18.6. The Morgan fingerprint density at radius 1 is 1.08 bits per heavy atom. The van der Waals surface area contributed by atoms with Crippen molar-refractivity contribution in [1.82, 2.24) is 15.6 Å². The molecule has 2 aliphatic rings. The minimum Gasteiger partial charge on any atom is -0.457 e. The van der Waals surface area contributed by atoms with Crippen LogP contribution in [0.2, 0.25) is 0 Å². The van der Waals surface area contributed by atoms with Crippen molar-refractivity contribution in [3.05, 3.63) is 71.2 Å². The van der Waals surface area contributed by atoms with E-state index in [2.05, 4.69) is 20.9 Å². The van der Waals surface area contributed by atoms with E-state index in [9.17, 15) is 9.59 Å². The Morgan fingerprint density at radius 2 is 1.89 bits per heavy atom. The van der Waals surface area contributed by atoms with Crippen molar-refractivity contribution in [2.24, 2.45) is 0 Å². The molecule has 0 unspecified atom stereocenters. The lowest BCUT2D eigenvalue weighted by atomic mass is 10.1. The van der Waals surface area contributed by atoms with Crippen molar-refractivity contribution in [2.45, 2.75) is 38.3 Å². The summed E-state index contributed by atoms with van der Waals surface area (Å²) in [5, 5.41) is 10.2. The minimum absolute atomic E-state index is 0.0670. The number of nitrogens with zero attached hydrogens (tertiary/aromatic N) is 2. The highest BCUT2D eigenvalue weighted by Crippen LogP contribution is 2.46. The Morgan fingerprint density at radius 3 is 2.68 bits per heavy atom. The number of hydrogen-bond donors (Lipinski definition) is 3. The molecule has 6 rings (SSSR count). The summed E-state index contributed by atoms with van der Waals surface area (Å²) in [7, 11) is 1.92. The first-order valence-electron chi connectivity index (χ1n) is 12.4. The molecule has 2 aromatic carbocycles. The van der Waals surface area contributed by atoms with Gasteiger partial charge in [0.25, 0.3) is 5.91 Å². The van der Waals surface area contributed by atoms with Crippen LogP contribution in [0.1, 0.15) is 34.5 Å². The Kier molecular flexibility index (Phi) is 6.02. The predicted octanol–water partition coefficient (Wildman–Crippen LogP) is 5.95. The van der Waals surface area contributed by atoms with Crippen LogP contribution in [-0.2, 0) is 0 Å². The van der Waals surface area contributed by atoms with Crippen molar-refractivity contribution in [2.75, 3.05) is 17.3 Å². The third kappa shape index (κ3) is 4.20. The monoisotopic (exact) mass is 513 g/mol. The third-order valence-electron chi connectivity index (χ3n) is 7.04. The van der Waals surface area contributed by atoms with Gasteiger partial charge in [-0.15, -0.1) is 11.3 Å². The first kappa shape index (κ1) is 23.4. The lowest BCUT2D eigenvalue weighted by Crippen LogP contribution is -2.45. The molecule has 1 aliphatic carbocycles. The zero-order valence-corrected chi connectivity index (χ0v) is 21.4. The van der Waals surface area contributed by atoms with Gasteiger partial charge in [0.1, 0.15) is 21.2 Å². The van der Waals surface area contributed by atoms with Gasteiger partial charge in [0.2, 0.25) is 0 Å². The summed E-state index contributed by atoms with van der Waals surface area (Å²) in [6.07, 6.45) is 4.72. The lowest BCUT2D eigenvalue weighted by molar-refractivity contribution is 0.0937. The first-order chi connectivity index (χ1) is 18.0. The van der Waals surface area contributed by atoms with Crippen LogP contribution in [0.15, 0.2) is 60.8 Å².